The van der Waals surface area contributed by atoms with Crippen molar-refractivity contribution < 1.29 is 4.21 Å². The number of hydrogen-bond acceptors (Lipinski definition) is 2. The van der Waals surface area contributed by atoms with Gasteiger partial charge in [0.1, 0.15) is 11.0 Å². The van der Waals surface area contributed by atoms with Crippen molar-refractivity contribution in [3.05, 3.63) is 28.7 Å². The molecule has 1 unspecified atom stereocenters. The fourth-order valence-electron chi connectivity index (χ4n) is 1.01. The van der Waals surface area contributed by atoms with Crippen LogP contribution in [0, 0.1) is 0 Å². The van der Waals surface area contributed by atoms with Crippen LogP contribution in [0.2, 0.25) is 0 Å². The number of aromatic nitrogens is 1. The highest BCUT2D eigenvalue weighted by atomic mass is 32.2. The minimum absolute atomic E-state index is 0.0519. The molecule has 0 saturated carbocycles. The highest BCUT2D eigenvalue weighted by Crippen LogP contribution is 2.04. The Kier molecular flexibility index (Phi) is 3.00. The maximum absolute atomic E-state index is 11.3. The molecule has 1 heterocycles. The summed E-state index contributed by atoms with van der Waals surface area (Å²) in [6, 6.07) is 2.91. The Morgan fingerprint density at radius 1 is 1.46 bits per heavy atom. The molecule has 0 aliphatic rings. The van der Waals surface area contributed by atoms with Gasteiger partial charge in [-0.2, -0.15) is 0 Å². The van der Waals surface area contributed by atoms with Gasteiger partial charge in [-0.3, -0.25) is 4.79 Å². The molecule has 0 aliphatic heterocycles. The predicted octanol–water partition coefficient (Wildman–Crippen LogP) is 0.411. The van der Waals surface area contributed by atoms with Crippen molar-refractivity contribution in [2.45, 2.75) is 24.8 Å². The van der Waals surface area contributed by atoms with Gasteiger partial charge in [-0.15, -0.1) is 0 Å². The van der Waals surface area contributed by atoms with E-state index in [2.05, 4.69) is 0 Å². The Labute approximate surface area is 79.0 Å². The lowest BCUT2D eigenvalue weighted by atomic mass is 10.3. The van der Waals surface area contributed by atoms with Crippen LogP contribution in [-0.4, -0.2) is 8.78 Å². The zero-order valence-corrected chi connectivity index (χ0v) is 8.38. The topological polar surface area (TPSA) is 65.1 Å². The van der Waals surface area contributed by atoms with Crippen molar-refractivity contribution in [3.8, 4) is 0 Å². The lowest BCUT2D eigenvalue weighted by molar-refractivity contribution is 0.571. The lowest BCUT2D eigenvalue weighted by Crippen LogP contribution is -2.21. The van der Waals surface area contributed by atoms with Crippen molar-refractivity contribution in [1.29, 1.82) is 0 Å². The maximum atomic E-state index is 11.3. The Morgan fingerprint density at radius 3 is 2.54 bits per heavy atom. The van der Waals surface area contributed by atoms with Crippen LogP contribution in [-0.2, 0) is 11.0 Å². The highest BCUT2D eigenvalue weighted by Gasteiger charge is 2.04. The van der Waals surface area contributed by atoms with Crippen molar-refractivity contribution in [3.63, 3.8) is 0 Å². The molecular weight excluding hydrogens is 188 g/mol. The molecule has 0 amide bonds. The number of nitrogens with two attached hydrogens (primary N) is 1. The maximum Gasteiger partial charge on any atom is 0.250 e. The molecule has 13 heavy (non-hydrogen) atoms. The third kappa shape index (κ3) is 2.26. The molecule has 2 N–H and O–H groups in total. The van der Waals surface area contributed by atoms with E-state index in [-0.39, 0.29) is 11.6 Å². The first kappa shape index (κ1) is 10.1. The second-order valence-corrected chi connectivity index (χ2v) is 4.07. The largest absolute Gasteiger partial charge is 0.312 e. The first-order chi connectivity index (χ1) is 6.02. The first-order valence-electron chi connectivity index (χ1n) is 3.90. The molecule has 0 saturated heterocycles. The molecule has 1 aromatic rings. The van der Waals surface area contributed by atoms with Crippen molar-refractivity contribution in [2.24, 2.45) is 5.14 Å². The SMILES string of the molecule is CC(C)n1cc(S(N)=O)ccc1=O. The van der Waals surface area contributed by atoms with Crippen molar-refractivity contribution in [2.75, 3.05) is 0 Å². The average molecular weight is 200 g/mol. The van der Waals surface area contributed by atoms with E-state index in [1.807, 2.05) is 13.8 Å². The molecule has 5 heteroatoms. The number of pyridine rings is 1. The van der Waals surface area contributed by atoms with Gasteiger partial charge in [0, 0.05) is 18.3 Å². The summed E-state index contributed by atoms with van der Waals surface area (Å²) in [6.45, 7) is 3.76. The minimum atomic E-state index is -1.52. The standard InChI is InChI=1S/C8H12N2O2S/c1-6(2)10-5-7(13(9)12)3-4-8(10)11/h3-6H,9H2,1-2H3. The fourth-order valence-corrected chi connectivity index (χ4v) is 1.43. The number of hydrogen-bond donors (Lipinski definition) is 1. The van der Waals surface area contributed by atoms with Gasteiger partial charge < -0.3 is 4.57 Å². The zero-order valence-electron chi connectivity index (χ0n) is 7.56. The van der Waals surface area contributed by atoms with Crippen molar-refractivity contribution in [1.82, 2.24) is 4.57 Å². The van der Waals surface area contributed by atoms with Crippen LogP contribution in [0.15, 0.2) is 28.0 Å². The van der Waals surface area contributed by atoms with E-state index in [1.165, 1.54) is 22.9 Å². The zero-order chi connectivity index (χ0) is 10.0. The molecule has 0 fully saturated rings. The number of nitrogens with zero attached hydrogens (tertiary/aromatic N) is 1. The molecule has 1 atom stereocenters. The monoisotopic (exact) mass is 200 g/mol. The summed E-state index contributed by atoms with van der Waals surface area (Å²) in [4.78, 5) is 11.7. The summed E-state index contributed by atoms with van der Waals surface area (Å²) in [5, 5.41) is 5.19. The van der Waals surface area contributed by atoms with Gasteiger partial charge in [0.25, 0.3) is 5.56 Å². The molecule has 0 bridgehead atoms. The molecule has 0 radical (unpaired) electrons. The molecule has 1 aromatic heterocycles. The van der Waals surface area contributed by atoms with E-state index in [4.69, 9.17) is 5.14 Å². The Hall–Kier alpha value is -0.940. The third-order valence-corrected chi connectivity index (χ3v) is 2.41. The summed E-state index contributed by atoms with van der Waals surface area (Å²) in [7, 11) is -1.52. The molecule has 4 nitrogen and oxygen atoms in total. The summed E-state index contributed by atoms with van der Waals surface area (Å²) >= 11 is 0. The predicted molar refractivity (Wildman–Crippen MR) is 51.7 cm³/mol. The van der Waals surface area contributed by atoms with E-state index >= 15 is 0 Å². The molecule has 0 spiro atoms. The third-order valence-electron chi connectivity index (χ3n) is 1.70. The quantitative estimate of drug-likeness (QED) is 0.751. The molecule has 72 valence electrons. The van der Waals surface area contributed by atoms with Gasteiger partial charge in [0.15, 0.2) is 0 Å². The van der Waals surface area contributed by atoms with Crippen LogP contribution in [0.3, 0.4) is 0 Å². The smallest absolute Gasteiger partial charge is 0.250 e. The second-order valence-electron chi connectivity index (χ2n) is 3.00. The highest BCUT2D eigenvalue weighted by molar-refractivity contribution is 7.82. The van der Waals surface area contributed by atoms with E-state index < -0.39 is 11.0 Å². The van der Waals surface area contributed by atoms with Crippen LogP contribution in [0.5, 0.6) is 0 Å². The van der Waals surface area contributed by atoms with E-state index in [9.17, 15) is 9.00 Å². The summed E-state index contributed by atoms with van der Waals surface area (Å²) in [5.41, 5.74) is -0.107. The van der Waals surface area contributed by atoms with Gasteiger partial charge in [-0.1, -0.05) is 0 Å². The normalized spacial score (nSPS) is 13.2. The van der Waals surface area contributed by atoms with Crippen LogP contribution in [0.1, 0.15) is 19.9 Å². The Morgan fingerprint density at radius 2 is 2.08 bits per heavy atom. The molecule has 0 aromatic carbocycles. The van der Waals surface area contributed by atoms with Crippen LogP contribution < -0.4 is 10.7 Å². The van der Waals surface area contributed by atoms with E-state index in [1.54, 1.807) is 0 Å². The fraction of sp³-hybridized carbons (Fsp3) is 0.375. The van der Waals surface area contributed by atoms with Gasteiger partial charge >= 0.3 is 0 Å². The minimum Gasteiger partial charge on any atom is -0.312 e. The van der Waals surface area contributed by atoms with Crippen LogP contribution in [0.25, 0.3) is 0 Å². The Balaban J connectivity index is 3.27. The first-order valence-corrected chi connectivity index (χ1v) is 5.12. The Bertz CT molecular complexity index is 384. The lowest BCUT2D eigenvalue weighted by Gasteiger charge is -2.09. The summed E-state index contributed by atoms with van der Waals surface area (Å²) in [6.07, 6.45) is 1.53. The number of rotatable bonds is 2. The van der Waals surface area contributed by atoms with Gasteiger partial charge in [0.05, 0.1) is 4.90 Å². The van der Waals surface area contributed by atoms with Crippen LogP contribution >= 0.6 is 0 Å². The summed E-state index contributed by atoms with van der Waals surface area (Å²) < 4.78 is 12.4. The average Bonchev–Trinajstić information content (AvgIpc) is 2.04. The molecule has 0 aliphatic carbocycles. The van der Waals surface area contributed by atoms with E-state index in [0.29, 0.717) is 4.90 Å². The molecular formula is C8H12N2O2S. The second kappa shape index (κ2) is 3.85. The van der Waals surface area contributed by atoms with Gasteiger partial charge in [0.2, 0.25) is 0 Å². The summed E-state index contributed by atoms with van der Waals surface area (Å²) in [5.74, 6) is 0. The van der Waals surface area contributed by atoms with Crippen LogP contribution in [0.4, 0.5) is 0 Å². The van der Waals surface area contributed by atoms with Crippen molar-refractivity contribution >= 4 is 11.0 Å². The van der Waals surface area contributed by atoms with Gasteiger partial charge in [-0.25, -0.2) is 9.35 Å². The van der Waals surface area contributed by atoms with Gasteiger partial charge in [-0.05, 0) is 19.9 Å². The molecule has 1 rings (SSSR count). The van der Waals surface area contributed by atoms with E-state index in [0.717, 1.165) is 0 Å².